The lowest BCUT2D eigenvalue weighted by atomic mass is 9.84. The molecular formula is C11H18F3NO2. The molecule has 3 atom stereocenters. The zero-order chi connectivity index (χ0) is 13.2. The Labute approximate surface area is 98.6 Å². The van der Waals surface area contributed by atoms with Gasteiger partial charge < -0.3 is 5.11 Å². The van der Waals surface area contributed by atoms with E-state index in [0.29, 0.717) is 12.8 Å². The lowest BCUT2D eigenvalue weighted by Crippen LogP contribution is -2.46. The second-order valence-corrected chi connectivity index (χ2v) is 4.74. The van der Waals surface area contributed by atoms with E-state index in [4.69, 9.17) is 5.11 Å². The molecular weight excluding hydrogens is 235 g/mol. The summed E-state index contributed by atoms with van der Waals surface area (Å²) in [4.78, 5) is 12.3. The lowest BCUT2D eigenvalue weighted by molar-refractivity contribution is -0.187. The van der Waals surface area contributed by atoms with Gasteiger partial charge in [-0.3, -0.25) is 9.69 Å². The number of hydrogen-bond donors (Lipinski definition) is 1. The van der Waals surface area contributed by atoms with E-state index in [9.17, 15) is 18.0 Å². The molecule has 17 heavy (non-hydrogen) atoms. The Balaban J connectivity index is 2.63. The van der Waals surface area contributed by atoms with Crippen LogP contribution >= 0.6 is 0 Å². The van der Waals surface area contributed by atoms with Crippen molar-refractivity contribution in [1.82, 2.24) is 4.90 Å². The van der Waals surface area contributed by atoms with Crippen LogP contribution in [0.15, 0.2) is 0 Å². The first kappa shape index (κ1) is 14.3. The summed E-state index contributed by atoms with van der Waals surface area (Å²) in [5, 5.41) is 8.84. The Hall–Kier alpha value is -0.780. The highest BCUT2D eigenvalue weighted by Crippen LogP contribution is 2.39. The fraction of sp³-hybridized carbons (Fsp3) is 0.909. The molecule has 0 spiro atoms. The molecule has 1 saturated carbocycles. The summed E-state index contributed by atoms with van der Waals surface area (Å²) in [6.07, 6.45) is -2.84. The van der Waals surface area contributed by atoms with Gasteiger partial charge in [0, 0.05) is 6.04 Å². The van der Waals surface area contributed by atoms with E-state index in [2.05, 4.69) is 0 Å². The molecule has 3 nitrogen and oxygen atoms in total. The minimum atomic E-state index is -4.16. The average Bonchev–Trinajstić information content (AvgIpc) is 2.26. The minimum Gasteiger partial charge on any atom is -0.480 e. The molecule has 0 heterocycles. The molecule has 0 aliphatic heterocycles. The second kappa shape index (κ2) is 5.25. The van der Waals surface area contributed by atoms with Crippen LogP contribution in [0.2, 0.25) is 0 Å². The monoisotopic (exact) mass is 253 g/mol. The Kier molecular flexibility index (Phi) is 4.41. The summed E-state index contributed by atoms with van der Waals surface area (Å²) in [5.41, 5.74) is 0. The van der Waals surface area contributed by atoms with Gasteiger partial charge in [-0.2, -0.15) is 13.2 Å². The van der Waals surface area contributed by atoms with E-state index < -0.39 is 24.1 Å². The van der Waals surface area contributed by atoms with Gasteiger partial charge in [-0.15, -0.1) is 0 Å². The van der Waals surface area contributed by atoms with E-state index in [1.54, 1.807) is 11.9 Å². The average molecular weight is 253 g/mol. The number of alkyl halides is 3. The Morgan fingerprint density at radius 1 is 1.41 bits per heavy atom. The topological polar surface area (TPSA) is 40.5 Å². The molecule has 1 rings (SSSR count). The predicted octanol–water partition coefficient (Wildman–Crippen LogP) is 2.51. The number of likely N-dealkylation sites (N-methyl/N-ethyl adjacent to an activating group) is 1. The molecule has 1 N–H and O–H groups in total. The maximum Gasteiger partial charge on any atom is 0.391 e. The standard InChI is InChI=1S/C11H18F3NO2/c1-7(10(16)17)15(2)9-5-3-4-8(6-9)11(12,13)14/h7-9H,3-6H2,1-2H3,(H,16,17). The van der Waals surface area contributed by atoms with Crippen molar-refractivity contribution in [2.24, 2.45) is 5.92 Å². The number of carboxylic acids is 1. The van der Waals surface area contributed by atoms with Crippen LogP contribution in [0.25, 0.3) is 0 Å². The van der Waals surface area contributed by atoms with E-state index in [-0.39, 0.29) is 18.9 Å². The number of carbonyl (C=O) groups is 1. The van der Waals surface area contributed by atoms with Gasteiger partial charge in [0.2, 0.25) is 0 Å². The Morgan fingerprint density at radius 3 is 2.47 bits per heavy atom. The van der Waals surface area contributed by atoms with Gasteiger partial charge in [-0.25, -0.2) is 0 Å². The minimum absolute atomic E-state index is 0.0115. The normalized spacial score (nSPS) is 28.1. The van der Waals surface area contributed by atoms with Gasteiger partial charge in [0.05, 0.1) is 5.92 Å². The molecule has 1 aliphatic carbocycles. The van der Waals surface area contributed by atoms with Crippen molar-refractivity contribution in [3.8, 4) is 0 Å². The van der Waals surface area contributed by atoms with Gasteiger partial charge in [-0.1, -0.05) is 6.42 Å². The number of carboxylic acid groups (broad SMARTS) is 1. The summed E-state index contributed by atoms with van der Waals surface area (Å²) in [7, 11) is 1.59. The molecule has 1 fully saturated rings. The van der Waals surface area contributed by atoms with Crippen molar-refractivity contribution >= 4 is 5.97 Å². The highest BCUT2D eigenvalue weighted by molar-refractivity contribution is 5.72. The zero-order valence-electron chi connectivity index (χ0n) is 10.00. The van der Waals surface area contributed by atoms with Gasteiger partial charge in [0.15, 0.2) is 0 Å². The largest absolute Gasteiger partial charge is 0.480 e. The third-order valence-electron chi connectivity index (χ3n) is 3.65. The van der Waals surface area contributed by atoms with Crippen molar-refractivity contribution in [3.05, 3.63) is 0 Å². The number of halogens is 3. The number of nitrogens with zero attached hydrogens (tertiary/aromatic N) is 1. The molecule has 100 valence electrons. The summed E-state index contributed by atoms with van der Waals surface area (Å²) in [6.45, 7) is 1.50. The van der Waals surface area contributed by atoms with Crippen LogP contribution in [0.3, 0.4) is 0 Å². The van der Waals surface area contributed by atoms with Gasteiger partial charge in [0.25, 0.3) is 0 Å². The zero-order valence-corrected chi connectivity index (χ0v) is 10.00. The molecule has 0 radical (unpaired) electrons. The molecule has 0 amide bonds. The quantitative estimate of drug-likeness (QED) is 0.840. The van der Waals surface area contributed by atoms with Crippen LogP contribution in [-0.4, -0.2) is 41.3 Å². The van der Waals surface area contributed by atoms with E-state index >= 15 is 0 Å². The SMILES string of the molecule is CC(C(=O)O)N(C)C1CCCC(C(F)(F)F)C1. The summed E-state index contributed by atoms with van der Waals surface area (Å²) >= 11 is 0. The smallest absolute Gasteiger partial charge is 0.391 e. The van der Waals surface area contributed by atoms with Crippen LogP contribution in [-0.2, 0) is 4.79 Å². The Bertz CT molecular complexity index is 280. The van der Waals surface area contributed by atoms with E-state index in [0.717, 1.165) is 0 Å². The fourth-order valence-electron chi connectivity index (χ4n) is 2.32. The van der Waals surface area contributed by atoms with Crippen molar-refractivity contribution in [2.75, 3.05) is 7.05 Å². The number of aliphatic carboxylic acids is 1. The van der Waals surface area contributed by atoms with Gasteiger partial charge in [-0.05, 0) is 33.2 Å². The summed E-state index contributed by atoms with van der Waals surface area (Å²) in [6, 6.07) is -1.03. The van der Waals surface area contributed by atoms with Crippen molar-refractivity contribution < 1.29 is 23.1 Å². The third-order valence-corrected chi connectivity index (χ3v) is 3.65. The van der Waals surface area contributed by atoms with E-state index in [1.165, 1.54) is 6.92 Å². The fourth-order valence-corrected chi connectivity index (χ4v) is 2.32. The van der Waals surface area contributed by atoms with Crippen molar-refractivity contribution in [3.63, 3.8) is 0 Å². The summed E-state index contributed by atoms with van der Waals surface area (Å²) < 4.78 is 37.8. The maximum atomic E-state index is 12.6. The van der Waals surface area contributed by atoms with Crippen molar-refractivity contribution in [2.45, 2.75) is 50.9 Å². The Morgan fingerprint density at radius 2 is 2.00 bits per heavy atom. The van der Waals surface area contributed by atoms with Crippen LogP contribution in [0.4, 0.5) is 13.2 Å². The van der Waals surface area contributed by atoms with Crippen LogP contribution in [0.5, 0.6) is 0 Å². The molecule has 0 aromatic rings. The molecule has 1 aliphatic rings. The molecule has 3 unspecified atom stereocenters. The third kappa shape index (κ3) is 3.59. The lowest BCUT2D eigenvalue weighted by Gasteiger charge is -2.37. The molecule has 0 aromatic heterocycles. The summed E-state index contributed by atoms with van der Waals surface area (Å²) in [5.74, 6) is -2.29. The highest BCUT2D eigenvalue weighted by atomic mass is 19.4. The molecule has 0 aromatic carbocycles. The van der Waals surface area contributed by atoms with Gasteiger partial charge in [0.1, 0.15) is 6.04 Å². The first-order chi connectivity index (χ1) is 7.73. The number of rotatable bonds is 3. The molecule has 6 heteroatoms. The predicted molar refractivity (Wildman–Crippen MR) is 56.7 cm³/mol. The second-order valence-electron chi connectivity index (χ2n) is 4.74. The van der Waals surface area contributed by atoms with Crippen LogP contribution < -0.4 is 0 Å². The first-order valence-corrected chi connectivity index (χ1v) is 5.75. The first-order valence-electron chi connectivity index (χ1n) is 5.75. The maximum absolute atomic E-state index is 12.6. The molecule has 0 saturated heterocycles. The van der Waals surface area contributed by atoms with Crippen LogP contribution in [0, 0.1) is 5.92 Å². The van der Waals surface area contributed by atoms with Crippen LogP contribution in [0.1, 0.15) is 32.6 Å². The number of hydrogen-bond acceptors (Lipinski definition) is 2. The highest BCUT2D eigenvalue weighted by Gasteiger charge is 2.43. The van der Waals surface area contributed by atoms with Gasteiger partial charge >= 0.3 is 12.1 Å². The van der Waals surface area contributed by atoms with Crippen molar-refractivity contribution in [1.29, 1.82) is 0 Å². The molecule has 0 bridgehead atoms. The van der Waals surface area contributed by atoms with E-state index in [1.807, 2.05) is 0 Å².